The Kier molecular flexibility index (Phi) is 8.45. The van der Waals surface area contributed by atoms with Crippen LogP contribution in [0.4, 0.5) is 4.39 Å². The molecule has 2 aromatic carbocycles. The molecule has 3 heterocycles. The van der Waals surface area contributed by atoms with E-state index in [9.17, 15) is 9.18 Å². The molecule has 0 aromatic heterocycles. The van der Waals surface area contributed by atoms with Crippen molar-refractivity contribution in [3.8, 4) is 22.6 Å². The largest absolute Gasteiger partial charge is 0.493 e. The van der Waals surface area contributed by atoms with Gasteiger partial charge in [0.2, 0.25) is 0 Å². The van der Waals surface area contributed by atoms with Crippen molar-refractivity contribution >= 4 is 11.8 Å². The van der Waals surface area contributed by atoms with Gasteiger partial charge in [-0.25, -0.2) is 4.39 Å². The summed E-state index contributed by atoms with van der Waals surface area (Å²) in [6.07, 6.45) is 1.49. The summed E-state index contributed by atoms with van der Waals surface area (Å²) in [5, 5.41) is 4.55. The van der Waals surface area contributed by atoms with Gasteiger partial charge in [0.05, 0.1) is 36.7 Å². The van der Waals surface area contributed by atoms with Gasteiger partial charge in [-0.3, -0.25) is 9.69 Å². The Bertz CT molecular complexity index is 1240. The molecule has 0 amide bonds. The van der Waals surface area contributed by atoms with Gasteiger partial charge in [-0.15, -0.1) is 0 Å². The van der Waals surface area contributed by atoms with Crippen molar-refractivity contribution in [2.45, 2.75) is 59.6 Å². The van der Waals surface area contributed by atoms with Crippen molar-refractivity contribution in [1.82, 2.24) is 9.80 Å². The predicted octanol–water partition coefficient (Wildman–Crippen LogP) is 5.49. The SMILES string of the molecule is CCOC(=O)C1(C)CCN(C2=NOC3(CN(Cc4cc(OCC)c(-c5ccc(F)cc5)c(OCC)c4)C3)C2C)CC1. The summed E-state index contributed by atoms with van der Waals surface area (Å²) in [6, 6.07) is 10.5. The molecule has 9 heteroatoms. The fraction of sp³-hybridized carbons (Fsp3) is 0.562. The molecule has 0 radical (unpaired) electrons. The molecular weight excluding hydrogens is 525 g/mol. The number of rotatable bonds is 9. The first-order valence-corrected chi connectivity index (χ1v) is 14.8. The molecule has 3 aliphatic heterocycles. The highest BCUT2D eigenvalue weighted by atomic mass is 19.1. The van der Waals surface area contributed by atoms with Gasteiger partial charge >= 0.3 is 5.97 Å². The molecule has 0 saturated carbocycles. The second-order valence-electron chi connectivity index (χ2n) is 11.6. The smallest absolute Gasteiger partial charge is 0.311 e. The maximum absolute atomic E-state index is 13.6. The van der Waals surface area contributed by atoms with Gasteiger partial charge in [0, 0.05) is 32.7 Å². The number of hydrogen-bond acceptors (Lipinski definition) is 8. The molecule has 2 saturated heterocycles. The first-order valence-electron chi connectivity index (χ1n) is 14.8. The second kappa shape index (κ2) is 11.9. The number of carbonyl (C=O) groups is 1. The van der Waals surface area contributed by atoms with E-state index in [0.717, 1.165) is 79.6 Å². The summed E-state index contributed by atoms with van der Waals surface area (Å²) < 4.78 is 31.0. The predicted molar refractivity (Wildman–Crippen MR) is 155 cm³/mol. The fourth-order valence-electron chi connectivity index (χ4n) is 6.19. The molecule has 1 atom stereocenters. The molecular formula is C32H42FN3O5. The van der Waals surface area contributed by atoms with Gasteiger partial charge in [0.15, 0.2) is 11.4 Å². The Morgan fingerprint density at radius 2 is 1.63 bits per heavy atom. The van der Waals surface area contributed by atoms with E-state index in [1.54, 1.807) is 12.1 Å². The molecule has 1 unspecified atom stereocenters. The lowest BCUT2D eigenvalue weighted by atomic mass is 9.78. The standard InChI is InChI=1S/C32H42FN3O5/c1-6-38-26-17-23(18-27(39-7-2)28(26)24-9-11-25(33)12-10-24)19-35-20-32(21-35)22(4)29(34-41-32)36-15-13-31(5,14-16-36)30(37)40-8-3/h9-12,17-18,22H,6-8,13-16,19-21H2,1-5H3. The monoisotopic (exact) mass is 567 g/mol. The summed E-state index contributed by atoms with van der Waals surface area (Å²) in [5.74, 6) is 2.21. The Hall–Kier alpha value is -3.33. The number of likely N-dealkylation sites (tertiary alicyclic amines) is 2. The average molecular weight is 568 g/mol. The number of esters is 1. The molecule has 41 heavy (non-hydrogen) atoms. The first kappa shape index (κ1) is 29.2. The van der Waals surface area contributed by atoms with Crippen molar-refractivity contribution in [2.24, 2.45) is 16.5 Å². The van der Waals surface area contributed by atoms with Crippen molar-refractivity contribution in [1.29, 1.82) is 0 Å². The van der Waals surface area contributed by atoms with Crippen LogP contribution < -0.4 is 9.47 Å². The highest BCUT2D eigenvalue weighted by Gasteiger charge is 2.56. The maximum Gasteiger partial charge on any atom is 0.311 e. The molecule has 8 nitrogen and oxygen atoms in total. The van der Waals surface area contributed by atoms with E-state index in [4.69, 9.17) is 19.0 Å². The minimum absolute atomic E-state index is 0.103. The third-order valence-corrected chi connectivity index (χ3v) is 8.70. The molecule has 3 aliphatic rings. The average Bonchev–Trinajstić information content (AvgIpc) is 3.27. The molecule has 222 valence electrons. The molecule has 0 N–H and O–H groups in total. The lowest BCUT2D eigenvalue weighted by Crippen LogP contribution is -2.65. The van der Waals surface area contributed by atoms with Gasteiger partial charge in [-0.1, -0.05) is 24.2 Å². The topological polar surface area (TPSA) is 72.8 Å². The lowest BCUT2D eigenvalue weighted by molar-refractivity contribution is -0.156. The van der Waals surface area contributed by atoms with Crippen LogP contribution in [0.25, 0.3) is 11.1 Å². The summed E-state index contributed by atoms with van der Waals surface area (Å²) in [4.78, 5) is 23.2. The van der Waals surface area contributed by atoms with Crippen LogP contribution in [0, 0.1) is 17.2 Å². The number of ether oxygens (including phenoxy) is 3. The van der Waals surface area contributed by atoms with E-state index in [0.29, 0.717) is 19.8 Å². The maximum atomic E-state index is 13.6. The number of benzene rings is 2. The molecule has 1 spiro atoms. The second-order valence-corrected chi connectivity index (χ2v) is 11.6. The molecule has 0 aliphatic carbocycles. The zero-order valence-electron chi connectivity index (χ0n) is 24.9. The van der Waals surface area contributed by atoms with Crippen LogP contribution in [-0.4, -0.2) is 73.2 Å². The Balaban J connectivity index is 1.24. The number of piperidine rings is 1. The lowest BCUT2D eigenvalue weighted by Gasteiger charge is -2.48. The number of hydrogen-bond donors (Lipinski definition) is 0. The van der Waals surface area contributed by atoms with Gasteiger partial charge < -0.3 is 23.9 Å². The quantitative estimate of drug-likeness (QED) is 0.371. The number of oxime groups is 1. The van der Waals surface area contributed by atoms with E-state index in [2.05, 4.69) is 34.0 Å². The summed E-state index contributed by atoms with van der Waals surface area (Å²) >= 11 is 0. The Morgan fingerprint density at radius 1 is 1.02 bits per heavy atom. The molecule has 2 aromatic rings. The van der Waals surface area contributed by atoms with Crippen LogP contribution in [0.2, 0.25) is 0 Å². The van der Waals surface area contributed by atoms with E-state index in [1.807, 2.05) is 27.7 Å². The van der Waals surface area contributed by atoms with Crippen LogP contribution in [0.3, 0.4) is 0 Å². The van der Waals surface area contributed by atoms with Crippen LogP contribution in [0.5, 0.6) is 11.5 Å². The highest BCUT2D eigenvalue weighted by molar-refractivity contribution is 5.87. The van der Waals surface area contributed by atoms with Gasteiger partial charge in [0.1, 0.15) is 17.3 Å². The molecule has 0 bridgehead atoms. The highest BCUT2D eigenvalue weighted by Crippen LogP contribution is 2.44. The van der Waals surface area contributed by atoms with Crippen molar-refractivity contribution in [2.75, 3.05) is 46.0 Å². The van der Waals surface area contributed by atoms with Crippen LogP contribution in [-0.2, 0) is 20.9 Å². The minimum Gasteiger partial charge on any atom is -0.493 e. The summed E-state index contributed by atoms with van der Waals surface area (Å²) in [6.45, 7) is 15.2. The normalized spacial score (nSPS) is 21.2. The van der Waals surface area contributed by atoms with Crippen molar-refractivity contribution < 1.29 is 28.2 Å². The number of halogens is 1. The Morgan fingerprint density at radius 3 is 2.20 bits per heavy atom. The van der Waals surface area contributed by atoms with Crippen molar-refractivity contribution in [3.05, 3.63) is 47.8 Å². The third-order valence-electron chi connectivity index (χ3n) is 8.70. The van der Waals surface area contributed by atoms with E-state index in [-0.39, 0.29) is 23.3 Å². The summed E-state index contributed by atoms with van der Waals surface area (Å²) in [7, 11) is 0. The van der Waals surface area contributed by atoms with E-state index in [1.165, 1.54) is 12.1 Å². The molecule has 5 rings (SSSR count). The van der Waals surface area contributed by atoms with Crippen LogP contribution >= 0.6 is 0 Å². The van der Waals surface area contributed by atoms with Gasteiger partial charge in [-0.05, 0) is 75.9 Å². The zero-order chi connectivity index (χ0) is 29.2. The van der Waals surface area contributed by atoms with Crippen molar-refractivity contribution in [3.63, 3.8) is 0 Å². The Labute approximate surface area is 242 Å². The minimum atomic E-state index is -0.437. The fourth-order valence-corrected chi connectivity index (χ4v) is 6.19. The van der Waals surface area contributed by atoms with Gasteiger partial charge in [-0.2, -0.15) is 0 Å². The summed E-state index contributed by atoms with van der Waals surface area (Å²) in [5.41, 5.74) is 2.00. The molecule has 2 fully saturated rings. The van der Waals surface area contributed by atoms with Crippen LogP contribution in [0.15, 0.2) is 41.6 Å². The number of amidine groups is 1. The first-order chi connectivity index (χ1) is 19.7. The zero-order valence-corrected chi connectivity index (χ0v) is 24.9. The van der Waals surface area contributed by atoms with E-state index < -0.39 is 5.41 Å². The van der Waals surface area contributed by atoms with Gasteiger partial charge in [0.25, 0.3) is 0 Å². The third kappa shape index (κ3) is 5.73. The number of carbonyl (C=O) groups excluding carboxylic acids is 1. The van der Waals surface area contributed by atoms with E-state index >= 15 is 0 Å². The number of nitrogens with zero attached hydrogens (tertiary/aromatic N) is 3. The van der Waals surface area contributed by atoms with Crippen LogP contribution in [0.1, 0.15) is 53.0 Å².